The summed E-state index contributed by atoms with van der Waals surface area (Å²) >= 11 is 0. The van der Waals surface area contributed by atoms with E-state index >= 15 is 0 Å². The Morgan fingerprint density at radius 1 is 1.19 bits per heavy atom. The molecule has 7 nitrogen and oxygen atoms in total. The molecule has 0 unspecified atom stereocenters. The first-order valence-electron chi connectivity index (χ1n) is 11.0. The number of nitrogen functional groups attached to an aromatic ring is 1. The van der Waals surface area contributed by atoms with Gasteiger partial charge in [-0.05, 0) is 42.8 Å². The number of hydrogen-bond donors (Lipinski definition) is 4. The lowest BCUT2D eigenvalue weighted by Gasteiger charge is -2.33. The first-order valence-corrected chi connectivity index (χ1v) is 11.0. The van der Waals surface area contributed by atoms with Crippen LogP contribution in [0.4, 0.5) is 5.69 Å². The molecule has 1 saturated heterocycles. The Morgan fingerprint density at radius 2 is 1.91 bits per heavy atom. The summed E-state index contributed by atoms with van der Waals surface area (Å²) in [5.41, 5.74) is 8.27. The zero-order valence-electron chi connectivity index (χ0n) is 18.6. The second-order valence-electron chi connectivity index (χ2n) is 7.99. The molecule has 1 aliphatic heterocycles. The quantitative estimate of drug-likeness (QED) is 0.357. The van der Waals surface area contributed by atoms with Crippen molar-refractivity contribution in [3.05, 3.63) is 65.7 Å². The van der Waals surface area contributed by atoms with Crippen molar-refractivity contribution >= 4 is 23.4 Å². The Bertz CT molecular complexity index is 934. The average Bonchev–Trinajstić information content (AvgIpc) is 2.79. The molecular formula is C25H33N5O2. The van der Waals surface area contributed by atoms with Gasteiger partial charge < -0.3 is 25.4 Å². The van der Waals surface area contributed by atoms with Gasteiger partial charge in [0, 0.05) is 50.3 Å². The van der Waals surface area contributed by atoms with Crippen LogP contribution in [-0.2, 0) is 0 Å². The molecule has 0 aliphatic carbocycles. The Morgan fingerprint density at radius 3 is 2.53 bits per heavy atom. The molecule has 0 bridgehead atoms. The Labute approximate surface area is 190 Å². The van der Waals surface area contributed by atoms with Crippen LogP contribution >= 0.6 is 0 Å². The number of ether oxygens (including phenoxy) is 1. The van der Waals surface area contributed by atoms with E-state index in [1.807, 2.05) is 67.6 Å². The molecule has 0 amide bonds. The summed E-state index contributed by atoms with van der Waals surface area (Å²) in [6, 6.07) is 15.6. The lowest BCUT2D eigenvalue weighted by Crippen LogP contribution is -2.40. The molecule has 0 spiro atoms. The summed E-state index contributed by atoms with van der Waals surface area (Å²) in [5, 5.41) is 24.8. The molecule has 0 atom stereocenters. The lowest BCUT2D eigenvalue weighted by atomic mass is 10.1. The predicted octanol–water partition coefficient (Wildman–Crippen LogP) is 3.32. The number of nitrogens with zero attached hydrogens (tertiary/aromatic N) is 2. The first kappa shape index (κ1) is 23.3. The van der Waals surface area contributed by atoms with E-state index in [-0.39, 0.29) is 18.5 Å². The Kier molecular flexibility index (Phi) is 8.27. The topological polar surface area (TPSA) is 110 Å². The number of benzene rings is 2. The van der Waals surface area contributed by atoms with Crippen molar-refractivity contribution < 1.29 is 9.84 Å². The van der Waals surface area contributed by atoms with E-state index in [9.17, 15) is 5.11 Å². The van der Waals surface area contributed by atoms with E-state index in [0.717, 1.165) is 42.9 Å². The number of piperidine rings is 1. The van der Waals surface area contributed by atoms with Gasteiger partial charge in [-0.3, -0.25) is 10.8 Å². The highest BCUT2D eigenvalue weighted by atomic mass is 16.5. The lowest BCUT2D eigenvalue weighted by molar-refractivity contribution is 0.130. The minimum Gasteiger partial charge on any atom is -0.490 e. The fourth-order valence-corrected chi connectivity index (χ4v) is 3.81. The van der Waals surface area contributed by atoms with Gasteiger partial charge in [0.05, 0.1) is 12.4 Å². The van der Waals surface area contributed by atoms with Crippen LogP contribution in [0, 0.1) is 10.8 Å². The molecular weight excluding hydrogens is 402 g/mol. The zero-order valence-corrected chi connectivity index (χ0v) is 18.6. The summed E-state index contributed by atoms with van der Waals surface area (Å²) in [7, 11) is 0. The molecule has 7 heteroatoms. The van der Waals surface area contributed by atoms with Gasteiger partial charge in [0.2, 0.25) is 0 Å². The molecule has 2 aromatic carbocycles. The maximum Gasteiger partial charge on any atom is 0.122 e. The summed E-state index contributed by atoms with van der Waals surface area (Å²) in [6.07, 6.45) is 6.06. The second-order valence-corrected chi connectivity index (χ2v) is 7.99. The van der Waals surface area contributed by atoms with Gasteiger partial charge in [-0.25, -0.2) is 0 Å². The number of nitrogens with two attached hydrogens (primary N) is 1. The van der Waals surface area contributed by atoms with Crippen LogP contribution in [-0.4, -0.2) is 60.6 Å². The van der Waals surface area contributed by atoms with Gasteiger partial charge in [-0.1, -0.05) is 30.4 Å². The van der Waals surface area contributed by atoms with E-state index in [4.69, 9.17) is 21.3 Å². The molecule has 1 aliphatic rings. The number of hydrogen-bond acceptors (Lipinski definition) is 5. The molecule has 170 valence electrons. The molecule has 32 heavy (non-hydrogen) atoms. The number of rotatable bonds is 9. The highest BCUT2D eigenvalue weighted by molar-refractivity contribution is 5.95. The van der Waals surface area contributed by atoms with Crippen molar-refractivity contribution in [1.82, 2.24) is 4.90 Å². The summed E-state index contributed by atoms with van der Waals surface area (Å²) in [6.45, 7) is 4.80. The van der Waals surface area contributed by atoms with E-state index in [2.05, 4.69) is 9.80 Å². The molecule has 0 radical (unpaired) electrons. The standard InChI is InChI=1S/C25H33N5O2/c1-19(26)29-14-11-24(12-15-29)32-23-9-7-22(8-10-23)30(16-17-31)13-3-5-20-4-2-6-21(18-20)25(27)28/h2-10,18,24,26,31H,11-17H2,1H3,(H3,27,28). The van der Waals surface area contributed by atoms with Gasteiger partial charge >= 0.3 is 0 Å². The van der Waals surface area contributed by atoms with Gasteiger partial charge in [0.25, 0.3) is 0 Å². The third-order valence-electron chi connectivity index (χ3n) is 5.62. The highest BCUT2D eigenvalue weighted by Gasteiger charge is 2.20. The zero-order chi connectivity index (χ0) is 22.9. The fraction of sp³-hybridized carbons (Fsp3) is 0.360. The van der Waals surface area contributed by atoms with Crippen molar-refractivity contribution in [2.24, 2.45) is 5.73 Å². The van der Waals surface area contributed by atoms with Gasteiger partial charge in [-0.2, -0.15) is 0 Å². The van der Waals surface area contributed by atoms with Crippen LogP contribution in [0.2, 0.25) is 0 Å². The number of aliphatic hydroxyl groups is 1. The second kappa shape index (κ2) is 11.3. The molecule has 1 fully saturated rings. The molecule has 5 N–H and O–H groups in total. The smallest absolute Gasteiger partial charge is 0.122 e. The van der Waals surface area contributed by atoms with Crippen LogP contribution in [0.3, 0.4) is 0 Å². The molecule has 3 rings (SSSR count). The van der Waals surface area contributed by atoms with E-state index < -0.39 is 0 Å². The minimum absolute atomic E-state index is 0.0554. The van der Waals surface area contributed by atoms with Crippen molar-refractivity contribution in [3.63, 3.8) is 0 Å². The maximum atomic E-state index is 9.50. The van der Waals surface area contributed by atoms with Crippen LogP contribution in [0.5, 0.6) is 5.75 Å². The normalized spacial score (nSPS) is 14.5. The summed E-state index contributed by atoms with van der Waals surface area (Å²) < 4.78 is 6.14. The molecule has 2 aromatic rings. The summed E-state index contributed by atoms with van der Waals surface area (Å²) in [5.74, 6) is 1.52. The molecule has 0 saturated carbocycles. The van der Waals surface area contributed by atoms with Crippen LogP contribution in [0.25, 0.3) is 6.08 Å². The predicted molar refractivity (Wildman–Crippen MR) is 131 cm³/mol. The number of aliphatic hydroxyl groups excluding tert-OH is 1. The summed E-state index contributed by atoms with van der Waals surface area (Å²) in [4.78, 5) is 4.18. The number of likely N-dealkylation sites (tertiary alicyclic amines) is 1. The van der Waals surface area contributed by atoms with Gasteiger partial charge in [0.15, 0.2) is 0 Å². The largest absolute Gasteiger partial charge is 0.490 e. The van der Waals surface area contributed by atoms with Crippen molar-refractivity contribution in [1.29, 1.82) is 10.8 Å². The number of amidine groups is 2. The van der Waals surface area contributed by atoms with Crippen molar-refractivity contribution in [3.8, 4) is 5.75 Å². The van der Waals surface area contributed by atoms with Crippen molar-refractivity contribution in [2.45, 2.75) is 25.9 Å². The third-order valence-corrected chi connectivity index (χ3v) is 5.62. The Balaban J connectivity index is 1.57. The molecule has 1 heterocycles. The van der Waals surface area contributed by atoms with Crippen molar-refractivity contribution in [2.75, 3.05) is 37.7 Å². The number of nitrogens with one attached hydrogen (secondary N) is 2. The van der Waals surface area contributed by atoms with Crippen LogP contribution in [0.15, 0.2) is 54.6 Å². The van der Waals surface area contributed by atoms with Crippen LogP contribution in [0.1, 0.15) is 30.9 Å². The van der Waals surface area contributed by atoms with Gasteiger partial charge in [0.1, 0.15) is 17.7 Å². The maximum absolute atomic E-state index is 9.50. The SMILES string of the molecule is CC(=N)N1CCC(Oc2ccc(N(CC=Cc3cccc(C(=N)N)c3)CCO)cc2)CC1. The first-order chi connectivity index (χ1) is 15.5. The van der Waals surface area contributed by atoms with E-state index in [0.29, 0.717) is 24.5 Å². The Hall–Kier alpha value is -3.32. The average molecular weight is 436 g/mol. The number of anilines is 1. The third kappa shape index (κ3) is 6.59. The van der Waals surface area contributed by atoms with E-state index in [1.165, 1.54) is 0 Å². The van der Waals surface area contributed by atoms with E-state index in [1.54, 1.807) is 0 Å². The minimum atomic E-state index is 0.0554. The fourth-order valence-electron chi connectivity index (χ4n) is 3.81. The van der Waals surface area contributed by atoms with Crippen LogP contribution < -0.4 is 15.4 Å². The monoisotopic (exact) mass is 435 g/mol. The molecule has 0 aromatic heterocycles. The highest BCUT2D eigenvalue weighted by Crippen LogP contribution is 2.23. The van der Waals surface area contributed by atoms with Gasteiger partial charge in [-0.15, -0.1) is 0 Å².